The Hall–Kier alpha value is -2.76. The molecule has 0 aliphatic carbocycles. The molecule has 10 nitrogen and oxygen atoms in total. The van der Waals surface area contributed by atoms with E-state index in [1.54, 1.807) is 18.2 Å². The summed E-state index contributed by atoms with van der Waals surface area (Å²) in [6.45, 7) is 11.5. The molecule has 4 rings (SSSR count). The Morgan fingerprint density at radius 1 is 1.06 bits per heavy atom. The summed E-state index contributed by atoms with van der Waals surface area (Å²) in [4.78, 5) is 27.7. The number of hydrogen-bond acceptors (Lipinski definition) is 7. The minimum absolute atomic E-state index is 0.153. The van der Waals surface area contributed by atoms with Crippen molar-refractivity contribution in [3.05, 3.63) is 40.2 Å². The monoisotopic (exact) mass is 502 g/mol. The first-order chi connectivity index (χ1) is 16.8. The number of imidazole rings is 1. The second-order valence-electron chi connectivity index (χ2n) is 8.56. The zero-order valence-corrected chi connectivity index (χ0v) is 21.7. The first kappa shape index (κ1) is 25.3. The highest BCUT2D eigenvalue weighted by atomic mass is 32.2. The van der Waals surface area contributed by atoms with Gasteiger partial charge in [0.15, 0.2) is 5.65 Å². The molecule has 0 bridgehead atoms. The number of likely N-dealkylation sites (N-methyl/N-ethyl adjacent to an activating group) is 1. The third-order valence-electron chi connectivity index (χ3n) is 6.36. The third-order valence-corrected chi connectivity index (χ3v) is 8.26. The predicted molar refractivity (Wildman–Crippen MR) is 134 cm³/mol. The summed E-state index contributed by atoms with van der Waals surface area (Å²) in [5, 5.41) is 0. The predicted octanol–water partition coefficient (Wildman–Crippen LogP) is 2.32. The number of piperazine rings is 1. The SMILES string of the molecule is CCCc1nc(CC)n2c(=O)[nH]c(-c3cc(S(=O)(=O)N4CCN(CC)CC4)ccc3OCC)nc12. The van der Waals surface area contributed by atoms with Crippen LogP contribution in [0.3, 0.4) is 0 Å². The molecule has 35 heavy (non-hydrogen) atoms. The van der Waals surface area contributed by atoms with Crippen LogP contribution < -0.4 is 10.4 Å². The molecule has 1 aliphatic rings. The maximum Gasteiger partial charge on any atom is 0.334 e. The Kier molecular flexibility index (Phi) is 7.58. The van der Waals surface area contributed by atoms with Gasteiger partial charge in [0, 0.05) is 32.6 Å². The van der Waals surface area contributed by atoms with Crippen molar-refractivity contribution in [2.45, 2.75) is 51.9 Å². The normalized spacial score (nSPS) is 15.7. The molecule has 1 N–H and O–H groups in total. The van der Waals surface area contributed by atoms with Gasteiger partial charge in [0.25, 0.3) is 0 Å². The van der Waals surface area contributed by atoms with Gasteiger partial charge in [0.05, 0.1) is 22.8 Å². The summed E-state index contributed by atoms with van der Waals surface area (Å²) >= 11 is 0. The highest BCUT2D eigenvalue weighted by molar-refractivity contribution is 7.89. The van der Waals surface area contributed by atoms with Gasteiger partial charge in [-0.1, -0.05) is 27.2 Å². The van der Waals surface area contributed by atoms with E-state index in [9.17, 15) is 13.2 Å². The highest BCUT2D eigenvalue weighted by Gasteiger charge is 2.29. The number of aromatic nitrogens is 4. The van der Waals surface area contributed by atoms with E-state index in [4.69, 9.17) is 9.72 Å². The Balaban J connectivity index is 1.83. The molecule has 2 aromatic heterocycles. The van der Waals surface area contributed by atoms with Crippen molar-refractivity contribution in [3.8, 4) is 17.1 Å². The minimum atomic E-state index is -3.71. The summed E-state index contributed by atoms with van der Waals surface area (Å²) in [6.07, 6.45) is 2.15. The second-order valence-corrected chi connectivity index (χ2v) is 10.5. The lowest BCUT2D eigenvalue weighted by molar-refractivity contribution is 0.196. The van der Waals surface area contributed by atoms with E-state index < -0.39 is 10.0 Å². The zero-order valence-electron chi connectivity index (χ0n) is 20.9. The van der Waals surface area contributed by atoms with E-state index in [1.807, 2.05) is 20.8 Å². The van der Waals surface area contributed by atoms with Crippen molar-refractivity contribution in [1.29, 1.82) is 0 Å². The second kappa shape index (κ2) is 10.5. The number of ether oxygens (including phenoxy) is 1. The van der Waals surface area contributed by atoms with Gasteiger partial charge in [-0.25, -0.2) is 27.6 Å². The average Bonchev–Trinajstić information content (AvgIpc) is 3.22. The Morgan fingerprint density at radius 3 is 2.43 bits per heavy atom. The maximum atomic E-state index is 13.5. The first-order valence-electron chi connectivity index (χ1n) is 12.3. The van der Waals surface area contributed by atoms with Crippen molar-refractivity contribution in [3.63, 3.8) is 0 Å². The number of aromatic amines is 1. The van der Waals surface area contributed by atoms with E-state index in [0.717, 1.165) is 18.7 Å². The lowest BCUT2D eigenvalue weighted by atomic mass is 10.2. The standard InChI is InChI=1S/C24H34N6O4S/c1-5-9-19-23-26-22(27-24(31)30(23)21(6-2)25-19)18-16-17(10-11-20(18)34-8-4)35(32,33)29-14-12-28(7-3)13-15-29/h10-11,16H,5-9,12-15H2,1-4H3,(H,26,27,31). The Labute approximate surface area is 206 Å². The first-order valence-corrected chi connectivity index (χ1v) is 13.8. The minimum Gasteiger partial charge on any atom is -0.493 e. The summed E-state index contributed by atoms with van der Waals surface area (Å²) in [7, 11) is -3.71. The lowest BCUT2D eigenvalue weighted by Gasteiger charge is -2.33. The van der Waals surface area contributed by atoms with Crippen LogP contribution in [-0.4, -0.2) is 76.3 Å². The van der Waals surface area contributed by atoms with Crippen molar-refractivity contribution in [2.24, 2.45) is 0 Å². The van der Waals surface area contributed by atoms with Crippen molar-refractivity contribution in [2.75, 3.05) is 39.3 Å². The van der Waals surface area contributed by atoms with Gasteiger partial charge in [-0.2, -0.15) is 4.31 Å². The number of fused-ring (bicyclic) bond motifs is 1. The molecule has 1 fully saturated rings. The van der Waals surface area contributed by atoms with E-state index >= 15 is 0 Å². The molecular formula is C24H34N6O4S. The van der Waals surface area contributed by atoms with Gasteiger partial charge in [-0.15, -0.1) is 0 Å². The van der Waals surface area contributed by atoms with Crippen molar-refractivity contribution in [1.82, 2.24) is 28.6 Å². The fourth-order valence-electron chi connectivity index (χ4n) is 4.47. The molecule has 0 unspecified atom stereocenters. The molecule has 11 heteroatoms. The number of benzene rings is 1. The molecule has 1 saturated heterocycles. The van der Waals surface area contributed by atoms with Gasteiger partial charge in [0.1, 0.15) is 17.4 Å². The molecule has 1 aromatic carbocycles. The summed E-state index contributed by atoms with van der Waals surface area (Å²) in [6, 6.07) is 4.75. The zero-order chi connectivity index (χ0) is 25.2. The number of rotatable bonds is 9. The quantitative estimate of drug-likeness (QED) is 0.478. The topological polar surface area (TPSA) is 113 Å². The van der Waals surface area contributed by atoms with Gasteiger partial charge in [0.2, 0.25) is 10.0 Å². The number of nitrogens with zero attached hydrogens (tertiary/aromatic N) is 5. The Bertz CT molecular complexity index is 1360. The number of aryl methyl sites for hydroxylation is 2. The van der Waals surface area contributed by atoms with Crippen LogP contribution in [-0.2, 0) is 22.9 Å². The van der Waals surface area contributed by atoms with Crippen LogP contribution in [0.15, 0.2) is 27.9 Å². The molecule has 0 spiro atoms. The van der Waals surface area contributed by atoms with Crippen LogP contribution >= 0.6 is 0 Å². The van der Waals surface area contributed by atoms with Crippen LogP contribution in [0.2, 0.25) is 0 Å². The van der Waals surface area contributed by atoms with Crippen LogP contribution in [0.4, 0.5) is 0 Å². The lowest BCUT2D eigenvalue weighted by Crippen LogP contribution is -2.48. The number of sulfonamides is 1. The summed E-state index contributed by atoms with van der Waals surface area (Å²) < 4.78 is 35.7. The van der Waals surface area contributed by atoms with E-state index in [1.165, 1.54) is 8.71 Å². The average molecular weight is 503 g/mol. The van der Waals surface area contributed by atoms with E-state index in [0.29, 0.717) is 68.4 Å². The van der Waals surface area contributed by atoms with Crippen LogP contribution in [0.1, 0.15) is 45.6 Å². The smallest absolute Gasteiger partial charge is 0.334 e. The largest absolute Gasteiger partial charge is 0.493 e. The Morgan fingerprint density at radius 2 is 1.80 bits per heavy atom. The van der Waals surface area contributed by atoms with Gasteiger partial charge in [-0.05, 0) is 38.1 Å². The van der Waals surface area contributed by atoms with Gasteiger partial charge >= 0.3 is 5.69 Å². The molecule has 0 atom stereocenters. The maximum absolute atomic E-state index is 13.5. The third kappa shape index (κ3) is 4.85. The van der Waals surface area contributed by atoms with Gasteiger partial charge < -0.3 is 9.64 Å². The number of nitrogens with one attached hydrogen (secondary N) is 1. The van der Waals surface area contributed by atoms with E-state index in [-0.39, 0.29) is 16.4 Å². The fraction of sp³-hybridized carbons (Fsp3) is 0.542. The molecule has 0 radical (unpaired) electrons. The number of H-pyrrole nitrogens is 1. The van der Waals surface area contributed by atoms with Gasteiger partial charge in [-0.3, -0.25) is 4.98 Å². The van der Waals surface area contributed by atoms with Crippen LogP contribution in [0.25, 0.3) is 17.0 Å². The molecule has 0 saturated carbocycles. The van der Waals surface area contributed by atoms with Crippen LogP contribution in [0.5, 0.6) is 5.75 Å². The molecular weight excluding hydrogens is 468 g/mol. The summed E-state index contributed by atoms with van der Waals surface area (Å²) in [5.41, 5.74) is 1.32. The van der Waals surface area contributed by atoms with E-state index in [2.05, 4.69) is 21.8 Å². The fourth-order valence-corrected chi connectivity index (χ4v) is 5.92. The van der Waals surface area contributed by atoms with Crippen LogP contribution in [0, 0.1) is 0 Å². The number of hydrogen-bond donors (Lipinski definition) is 1. The molecule has 3 aromatic rings. The molecule has 3 heterocycles. The molecule has 190 valence electrons. The molecule has 0 amide bonds. The highest BCUT2D eigenvalue weighted by Crippen LogP contribution is 2.32. The molecule has 1 aliphatic heterocycles. The van der Waals surface area contributed by atoms with Crippen molar-refractivity contribution >= 4 is 15.7 Å². The summed E-state index contributed by atoms with van der Waals surface area (Å²) in [5.74, 6) is 1.37. The van der Waals surface area contributed by atoms with Crippen molar-refractivity contribution < 1.29 is 13.2 Å².